The van der Waals surface area contributed by atoms with Gasteiger partial charge in [-0.05, 0) is 42.0 Å². The van der Waals surface area contributed by atoms with Gasteiger partial charge in [-0.2, -0.15) is 4.98 Å². The fraction of sp³-hybridized carbons (Fsp3) is 0.0952. The van der Waals surface area contributed by atoms with Crippen LogP contribution in [0.2, 0.25) is 5.02 Å². The van der Waals surface area contributed by atoms with Crippen molar-refractivity contribution in [1.82, 2.24) is 15.3 Å². The molecular weight excluding hydrogens is 378 g/mol. The van der Waals surface area contributed by atoms with Crippen molar-refractivity contribution in [2.75, 3.05) is 6.61 Å². The fourth-order valence-electron chi connectivity index (χ4n) is 2.61. The van der Waals surface area contributed by atoms with Gasteiger partial charge in [-0.15, -0.1) is 0 Å². The van der Waals surface area contributed by atoms with Gasteiger partial charge in [-0.25, -0.2) is 4.98 Å². The van der Waals surface area contributed by atoms with Crippen LogP contribution in [0.4, 0.5) is 0 Å². The third-order valence-electron chi connectivity index (χ3n) is 4.05. The van der Waals surface area contributed by atoms with Crippen LogP contribution in [0.5, 0.6) is 5.75 Å². The Hall–Kier alpha value is -3.38. The van der Waals surface area contributed by atoms with E-state index in [1.807, 2.05) is 30.3 Å². The maximum atomic E-state index is 12.0. The van der Waals surface area contributed by atoms with Gasteiger partial charge in [0.05, 0.1) is 5.02 Å². The number of aromatic nitrogens is 2. The highest BCUT2D eigenvalue weighted by Gasteiger charge is 2.09. The summed E-state index contributed by atoms with van der Waals surface area (Å²) in [5, 5.41) is 3.29. The minimum atomic E-state index is -0.228. The molecule has 0 atom stereocenters. The molecule has 0 spiro atoms. The molecule has 0 saturated carbocycles. The highest BCUT2D eigenvalue weighted by Crippen LogP contribution is 2.24. The number of benzene rings is 2. The average molecular weight is 394 g/mol. The lowest BCUT2D eigenvalue weighted by molar-refractivity contribution is -0.123. The van der Waals surface area contributed by atoms with Crippen molar-refractivity contribution in [3.8, 4) is 17.2 Å². The Labute approximate surface area is 166 Å². The lowest BCUT2D eigenvalue weighted by Crippen LogP contribution is -2.28. The molecule has 0 aliphatic rings. The summed E-state index contributed by atoms with van der Waals surface area (Å²) in [6.07, 6.45) is 1.68. The van der Waals surface area contributed by atoms with Crippen molar-refractivity contribution in [2.24, 2.45) is 0 Å². The SMILES string of the molecule is O=C(COc1ccccc1Cl)NCc1ccc(-c2nc3ncccc3o2)cc1. The second-order valence-electron chi connectivity index (χ2n) is 6.04. The summed E-state index contributed by atoms with van der Waals surface area (Å²) >= 11 is 6.00. The molecule has 0 aliphatic heterocycles. The first kappa shape index (κ1) is 18.0. The average Bonchev–Trinajstić information content (AvgIpc) is 3.16. The molecule has 0 unspecified atom stereocenters. The minimum absolute atomic E-state index is 0.0995. The Bertz CT molecular complexity index is 1080. The van der Waals surface area contributed by atoms with Gasteiger partial charge in [0.15, 0.2) is 17.8 Å². The van der Waals surface area contributed by atoms with E-state index in [4.69, 9.17) is 20.8 Å². The summed E-state index contributed by atoms with van der Waals surface area (Å²) in [4.78, 5) is 20.5. The van der Waals surface area contributed by atoms with E-state index in [1.165, 1.54) is 0 Å². The predicted octanol–water partition coefficient (Wildman–Crippen LogP) is 4.24. The molecule has 0 fully saturated rings. The largest absolute Gasteiger partial charge is 0.482 e. The molecule has 2 aromatic heterocycles. The van der Waals surface area contributed by atoms with Crippen LogP contribution in [0.15, 0.2) is 71.3 Å². The number of nitrogens with one attached hydrogen (secondary N) is 1. The summed E-state index contributed by atoms with van der Waals surface area (Å²) in [6.45, 7) is 0.290. The van der Waals surface area contributed by atoms with Crippen molar-refractivity contribution in [1.29, 1.82) is 0 Å². The topological polar surface area (TPSA) is 77.2 Å². The van der Waals surface area contributed by atoms with E-state index in [9.17, 15) is 4.79 Å². The molecule has 0 aliphatic carbocycles. The fourth-order valence-corrected chi connectivity index (χ4v) is 2.80. The van der Waals surface area contributed by atoms with E-state index in [1.54, 1.807) is 36.5 Å². The van der Waals surface area contributed by atoms with E-state index < -0.39 is 0 Å². The van der Waals surface area contributed by atoms with Gasteiger partial charge in [0.25, 0.3) is 5.91 Å². The van der Waals surface area contributed by atoms with Crippen LogP contribution < -0.4 is 10.1 Å². The normalized spacial score (nSPS) is 10.8. The quantitative estimate of drug-likeness (QED) is 0.530. The van der Waals surface area contributed by atoms with Crippen molar-refractivity contribution >= 4 is 28.7 Å². The summed E-state index contributed by atoms with van der Waals surface area (Å²) in [7, 11) is 0. The monoisotopic (exact) mass is 393 g/mol. The number of fused-ring (bicyclic) bond motifs is 1. The van der Waals surface area contributed by atoms with Gasteiger partial charge in [0.2, 0.25) is 5.89 Å². The second kappa shape index (κ2) is 8.10. The van der Waals surface area contributed by atoms with Gasteiger partial charge in [-0.3, -0.25) is 4.79 Å². The first-order valence-electron chi connectivity index (χ1n) is 8.64. The number of para-hydroxylation sites is 1. The molecule has 2 aromatic carbocycles. The number of halogens is 1. The molecule has 1 N–H and O–H groups in total. The Morgan fingerprint density at radius 1 is 1.07 bits per heavy atom. The molecular formula is C21H16ClN3O3. The maximum absolute atomic E-state index is 12.0. The number of rotatable bonds is 6. The van der Waals surface area contributed by atoms with Crippen molar-refractivity contribution in [2.45, 2.75) is 6.54 Å². The minimum Gasteiger partial charge on any atom is -0.482 e. The predicted molar refractivity (Wildman–Crippen MR) is 106 cm³/mol. The van der Waals surface area contributed by atoms with Gasteiger partial charge in [0.1, 0.15) is 5.75 Å². The van der Waals surface area contributed by atoms with Crippen LogP contribution in [0.1, 0.15) is 5.56 Å². The zero-order valence-corrected chi connectivity index (χ0v) is 15.5. The molecule has 0 saturated heterocycles. The van der Waals surface area contributed by atoms with Crippen LogP contribution in [0, 0.1) is 0 Å². The molecule has 140 valence electrons. The first-order valence-corrected chi connectivity index (χ1v) is 9.02. The lowest BCUT2D eigenvalue weighted by Gasteiger charge is -2.09. The van der Waals surface area contributed by atoms with Crippen LogP contribution in [-0.2, 0) is 11.3 Å². The molecule has 0 bridgehead atoms. The van der Waals surface area contributed by atoms with Crippen LogP contribution >= 0.6 is 11.6 Å². The number of ether oxygens (including phenoxy) is 1. The molecule has 4 aromatic rings. The number of oxazole rings is 1. The summed E-state index contributed by atoms with van der Waals surface area (Å²) in [6, 6.07) is 18.3. The number of amides is 1. The zero-order chi connectivity index (χ0) is 19.3. The highest BCUT2D eigenvalue weighted by molar-refractivity contribution is 6.32. The summed E-state index contributed by atoms with van der Waals surface area (Å²) < 4.78 is 11.1. The van der Waals surface area contributed by atoms with Gasteiger partial charge >= 0.3 is 0 Å². The Kier molecular flexibility index (Phi) is 5.21. The first-order chi connectivity index (χ1) is 13.7. The number of nitrogens with zero attached hydrogens (tertiary/aromatic N) is 2. The third kappa shape index (κ3) is 4.13. The highest BCUT2D eigenvalue weighted by atomic mass is 35.5. The third-order valence-corrected chi connectivity index (χ3v) is 4.36. The van der Waals surface area contributed by atoms with Gasteiger partial charge in [-0.1, -0.05) is 35.9 Å². The molecule has 1 amide bonds. The van der Waals surface area contributed by atoms with E-state index in [0.29, 0.717) is 34.4 Å². The molecule has 6 nitrogen and oxygen atoms in total. The van der Waals surface area contributed by atoms with Crippen LogP contribution in [0.3, 0.4) is 0 Å². The molecule has 4 rings (SSSR count). The zero-order valence-electron chi connectivity index (χ0n) is 14.8. The molecule has 28 heavy (non-hydrogen) atoms. The lowest BCUT2D eigenvalue weighted by atomic mass is 10.1. The second-order valence-corrected chi connectivity index (χ2v) is 6.44. The molecule has 0 radical (unpaired) electrons. The van der Waals surface area contributed by atoms with Crippen LogP contribution in [0.25, 0.3) is 22.7 Å². The van der Waals surface area contributed by atoms with E-state index in [2.05, 4.69) is 15.3 Å². The number of hydrogen-bond acceptors (Lipinski definition) is 5. The van der Waals surface area contributed by atoms with E-state index in [0.717, 1.165) is 11.1 Å². The van der Waals surface area contributed by atoms with Crippen molar-refractivity contribution in [3.63, 3.8) is 0 Å². The van der Waals surface area contributed by atoms with Crippen molar-refractivity contribution in [3.05, 3.63) is 77.4 Å². The summed E-state index contributed by atoms with van der Waals surface area (Å²) in [5.41, 5.74) is 3.01. The van der Waals surface area contributed by atoms with Crippen molar-refractivity contribution < 1.29 is 13.9 Å². The van der Waals surface area contributed by atoms with Gasteiger partial charge < -0.3 is 14.5 Å². The number of hydrogen-bond donors (Lipinski definition) is 1. The van der Waals surface area contributed by atoms with E-state index >= 15 is 0 Å². The molecule has 2 heterocycles. The smallest absolute Gasteiger partial charge is 0.258 e. The number of carbonyl (C=O) groups is 1. The Morgan fingerprint density at radius 2 is 1.89 bits per heavy atom. The number of carbonyl (C=O) groups excluding carboxylic acids is 1. The summed E-state index contributed by atoms with van der Waals surface area (Å²) in [5.74, 6) is 0.767. The molecule has 7 heteroatoms. The Morgan fingerprint density at radius 3 is 2.68 bits per heavy atom. The Balaban J connectivity index is 1.33. The van der Waals surface area contributed by atoms with Crippen LogP contribution in [-0.4, -0.2) is 22.5 Å². The number of pyridine rings is 1. The van der Waals surface area contributed by atoms with Gasteiger partial charge in [0, 0.05) is 18.3 Å². The van der Waals surface area contributed by atoms with E-state index in [-0.39, 0.29) is 12.5 Å². The maximum Gasteiger partial charge on any atom is 0.258 e. The standard InChI is InChI=1S/C21H16ClN3O3/c22-16-4-1-2-5-17(16)27-13-19(26)24-12-14-7-9-15(10-8-14)21-25-20-18(28-21)6-3-11-23-20/h1-11H,12-13H2,(H,24,26).